The molecular weight excluding hydrogens is 394 g/mol. The van der Waals surface area contributed by atoms with Gasteiger partial charge in [0.1, 0.15) is 0 Å². The third-order valence-electron chi connectivity index (χ3n) is 3.20. The van der Waals surface area contributed by atoms with E-state index in [4.69, 9.17) is 0 Å². The average Bonchev–Trinajstić information content (AvgIpc) is 3.04. The van der Waals surface area contributed by atoms with Crippen LogP contribution in [-0.4, -0.2) is 15.8 Å². The summed E-state index contributed by atoms with van der Waals surface area (Å²) in [5.74, 6) is -0.276. The lowest BCUT2D eigenvalue weighted by atomic mass is 10.1. The standard InChI is InChI=1S/C16H10BrN3O3S/c17-13-7-2-1-6-12(13)15(21)19-16-18-14(9-24-16)10-4-3-5-11(8-10)20(22)23/h1-9H,(H,18,19,21). The molecule has 1 amide bonds. The molecule has 6 nitrogen and oxygen atoms in total. The largest absolute Gasteiger partial charge is 0.298 e. The van der Waals surface area contributed by atoms with E-state index in [1.165, 1.54) is 23.5 Å². The molecule has 0 aliphatic carbocycles. The minimum absolute atomic E-state index is 0.000647. The van der Waals surface area contributed by atoms with Crippen LogP contribution in [0.5, 0.6) is 0 Å². The number of carbonyl (C=O) groups excluding carboxylic acids is 1. The molecule has 0 radical (unpaired) electrons. The van der Waals surface area contributed by atoms with Crippen LogP contribution in [0.25, 0.3) is 11.3 Å². The Morgan fingerprint density at radius 2 is 2.00 bits per heavy atom. The Labute approximate surface area is 149 Å². The zero-order valence-electron chi connectivity index (χ0n) is 12.1. The fraction of sp³-hybridized carbons (Fsp3) is 0. The van der Waals surface area contributed by atoms with Gasteiger partial charge >= 0.3 is 0 Å². The van der Waals surface area contributed by atoms with Crippen LogP contribution in [0, 0.1) is 10.1 Å². The Morgan fingerprint density at radius 3 is 2.75 bits per heavy atom. The summed E-state index contributed by atoms with van der Waals surface area (Å²) in [5.41, 5.74) is 1.71. The van der Waals surface area contributed by atoms with Crippen molar-refractivity contribution in [2.45, 2.75) is 0 Å². The topological polar surface area (TPSA) is 85.1 Å². The van der Waals surface area contributed by atoms with Crippen molar-refractivity contribution in [3.63, 3.8) is 0 Å². The predicted octanol–water partition coefficient (Wildman–Crippen LogP) is 4.73. The van der Waals surface area contributed by atoms with E-state index >= 15 is 0 Å². The number of nitrogens with zero attached hydrogens (tertiary/aromatic N) is 2. The first kappa shape index (κ1) is 16.3. The SMILES string of the molecule is O=C(Nc1nc(-c2cccc([N+](=O)[O-])c2)cs1)c1ccccc1Br. The van der Waals surface area contributed by atoms with Gasteiger partial charge in [-0.3, -0.25) is 20.2 Å². The molecule has 3 aromatic rings. The maximum absolute atomic E-state index is 12.3. The molecule has 0 saturated heterocycles. The lowest BCUT2D eigenvalue weighted by Gasteiger charge is -2.03. The molecule has 0 unspecified atom stereocenters. The van der Waals surface area contributed by atoms with Crippen molar-refractivity contribution in [1.29, 1.82) is 0 Å². The summed E-state index contributed by atoms with van der Waals surface area (Å²) >= 11 is 4.59. The Kier molecular flexibility index (Phi) is 4.68. The molecule has 2 aromatic carbocycles. The summed E-state index contributed by atoms with van der Waals surface area (Å²) in [6.07, 6.45) is 0. The number of hydrogen-bond acceptors (Lipinski definition) is 5. The first-order valence-corrected chi connectivity index (χ1v) is 8.48. The molecule has 0 saturated carbocycles. The van der Waals surface area contributed by atoms with E-state index < -0.39 is 4.92 Å². The highest BCUT2D eigenvalue weighted by molar-refractivity contribution is 9.10. The normalized spacial score (nSPS) is 10.4. The molecule has 8 heteroatoms. The van der Waals surface area contributed by atoms with Crippen molar-refractivity contribution in [1.82, 2.24) is 4.98 Å². The molecule has 1 aromatic heterocycles. The highest BCUT2D eigenvalue weighted by atomic mass is 79.9. The van der Waals surface area contributed by atoms with E-state index in [2.05, 4.69) is 26.2 Å². The third kappa shape index (κ3) is 3.50. The van der Waals surface area contributed by atoms with Gasteiger partial charge in [0.05, 0.1) is 16.2 Å². The van der Waals surface area contributed by atoms with Crippen LogP contribution < -0.4 is 5.32 Å². The maximum atomic E-state index is 12.3. The minimum Gasteiger partial charge on any atom is -0.298 e. The highest BCUT2D eigenvalue weighted by Gasteiger charge is 2.13. The Morgan fingerprint density at radius 1 is 1.21 bits per heavy atom. The second-order valence-corrected chi connectivity index (χ2v) is 6.49. The maximum Gasteiger partial charge on any atom is 0.270 e. The second kappa shape index (κ2) is 6.90. The second-order valence-electron chi connectivity index (χ2n) is 4.78. The first-order chi connectivity index (χ1) is 11.5. The van der Waals surface area contributed by atoms with Gasteiger partial charge in [-0.05, 0) is 28.1 Å². The summed E-state index contributed by atoms with van der Waals surface area (Å²) < 4.78 is 0.693. The number of anilines is 1. The summed E-state index contributed by atoms with van der Waals surface area (Å²) in [7, 11) is 0. The number of rotatable bonds is 4. The molecule has 3 rings (SSSR count). The van der Waals surface area contributed by atoms with Crippen molar-refractivity contribution in [2.75, 3.05) is 5.32 Å². The van der Waals surface area contributed by atoms with Gasteiger partial charge in [0.2, 0.25) is 0 Å². The number of nitrogens with one attached hydrogen (secondary N) is 1. The minimum atomic E-state index is -0.453. The van der Waals surface area contributed by atoms with Gasteiger partial charge < -0.3 is 0 Å². The van der Waals surface area contributed by atoms with Crippen molar-refractivity contribution in [2.24, 2.45) is 0 Å². The zero-order chi connectivity index (χ0) is 17.1. The fourth-order valence-electron chi connectivity index (χ4n) is 2.05. The number of aromatic nitrogens is 1. The molecule has 0 bridgehead atoms. The predicted molar refractivity (Wildman–Crippen MR) is 96.3 cm³/mol. The van der Waals surface area contributed by atoms with E-state index in [0.29, 0.717) is 26.4 Å². The Bertz CT molecular complexity index is 926. The van der Waals surface area contributed by atoms with Crippen molar-refractivity contribution in [3.05, 3.63) is 74.1 Å². The van der Waals surface area contributed by atoms with Crippen LogP contribution in [-0.2, 0) is 0 Å². The average molecular weight is 404 g/mol. The Hall–Kier alpha value is -2.58. The number of carbonyl (C=O) groups is 1. The van der Waals surface area contributed by atoms with Gasteiger partial charge in [0.25, 0.3) is 11.6 Å². The van der Waals surface area contributed by atoms with E-state index in [-0.39, 0.29) is 11.6 Å². The quantitative estimate of drug-likeness (QED) is 0.503. The smallest absolute Gasteiger partial charge is 0.270 e. The number of benzene rings is 2. The molecule has 0 aliphatic heterocycles. The number of hydrogen-bond donors (Lipinski definition) is 1. The Balaban J connectivity index is 1.81. The van der Waals surface area contributed by atoms with Crippen molar-refractivity contribution >= 4 is 44.0 Å². The lowest BCUT2D eigenvalue weighted by Crippen LogP contribution is -2.12. The lowest BCUT2D eigenvalue weighted by molar-refractivity contribution is -0.384. The van der Waals surface area contributed by atoms with Crippen molar-refractivity contribution in [3.8, 4) is 11.3 Å². The molecule has 120 valence electrons. The number of amides is 1. The molecule has 0 spiro atoms. The monoisotopic (exact) mass is 403 g/mol. The van der Waals surface area contributed by atoms with Gasteiger partial charge in [-0.25, -0.2) is 4.98 Å². The van der Waals surface area contributed by atoms with Gasteiger partial charge in [-0.15, -0.1) is 11.3 Å². The third-order valence-corrected chi connectivity index (χ3v) is 4.65. The van der Waals surface area contributed by atoms with Gasteiger partial charge in [0, 0.05) is 27.5 Å². The van der Waals surface area contributed by atoms with Gasteiger partial charge in [0.15, 0.2) is 5.13 Å². The molecule has 0 fully saturated rings. The highest BCUT2D eigenvalue weighted by Crippen LogP contribution is 2.28. The van der Waals surface area contributed by atoms with Gasteiger partial charge in [-0.1, -0.05) is 24.3 Å². The molecular formula is C16H10BrN3O3S. The van der Waals surface area contributed by atoms with Crippen LogP contribution in [0.4, 0.5) is 10.8 Å². The summed E-state index contributed by atoms with van der Waals surface area (Å²) in [6.45, 7) is 0. The molecule has 0 atom stereocenters. The van der Waals surface area contributed by atoms with E-state index in [0.717, 1.165) is 0 Å². The molecule has 0 aliphatic rings. The fourth-order valence-corrected chi connectivity index (χ4v) is 3.23. The van der Waals surface area contributed by atoms with Crippen LogP contribution in [0.1, 0.15) is 10.4 Å². The number of non-ortho nitro benzene ring substituents is 1. The number of halogens is 1. The summed E-state index contributed by atoms with van der Waals surface area (Å²) in [5, 5.41) is 15.8. The molecule has 1 N–H and O–H groups in total. The zero-order valence-corrected chi connectivity index (χ0v) is 14.5. The number of nitro groups is 1. The van der Waals surface area contributed by atoms with Gasteiger partial charge in [-0.2, -0.15) is 0 Å². The number of thiazole rings is 1. The van der Waals surface area contributed by atoms with E-state index in [9.17, 15) is 14.9 Å². The van der Waals surface area contributed by atoms with Crippen LogP contribution in [0.3, 0.4) is 0 Å². The van der Waals surface area contributed by atoms with Crippen molar-refractivity contribution < 1.29 is 9.72 Å². The number of nitro benzene ring substituents is 1. The van der Waals surface area contributed by atoms with E-state index in [1.807, 2.05) is 6.07 Å². The summed E-state index contributed by atoms with van der Waals surface area (Å²) in [4.78, 5) is 27.0. The van der Waals surface area contributed by atoms with E-state index in [1.54, 1.807) is 35.7 Å². The summed E-state index contributed by atoms with van der Waals surface area (Å²) in [6, 6.07) is 13.3. The van der Waals surface area contributed by atoms with Crippen LogP contribution in [0.2, 0.25) is 0 Å². The van der Waals surface area contributed by atoms with Crippen LogP contribution in [0.15, 0.2) is 58.4 Å². The molecule has 24 heavy (non-hydrogen) atoms. The molecule has 1 heterocycles. The first-order valence-electron chi connectivity index (χ1n) is 6.81. The van der Waals surface area contributed by atoms with Crippen LogP contribution >= 0.6 is 27.3 Å².